The van der Waals surface area contributed by atoms with Gasteiger partial charge in [-0.15, -0.1) is 11.3 Å². The van der Waals surface area contributed by atoms with Crippen LogP contribution in [-0.4, -0.2) is 15.0 Å². The molecule has 0 N–H and O–H groups in total. The van der Waals surface area contributed by atoms with Gasteiger partial charge in [0, 0.05) is 48.0 Å². The second kappa shape index (κ2) is 13.4. The monoisotopic (exact) mass is 735 g/mol. The Kier molecular flexibility index (Phi) is 7.78. The lowest BCUT2D eigenvalue weighted by atomic mass is 9.86. The van der Waals surface area contributed by atoms with E-state index in [1.54, 1.807) is 0 Å². The van der Waals surface area contributed by atoms with Crippen LogP contribution in [-0.2, 0) is 6.42 Å². The van der Waals surface area contributed by atoms with E-state index >= 15 is 0 Å². The van der Waals surface area contributed by atoms with Crippen LogP contribution in [0.25, 0.3) is 94.0 Å². The minimum atomic E-state index is 0.629. The van der Waals surface area contributed by atoms with Crippen molar-refractivity contribution < 1.29 is 4.42 Å². The smallest absolute Gasteiger partial charge is 0.164 e. The maximum Gasteiger partial charge on any atom is 0.164 e. The minimum absolute atomic E-state index is 0.629. The van der Waals surface area contributed by atoms with E-state index in [4.69, 9.17) is 19.4 Å². The number of benzene rings is 7. The molecule has 0 unspecified atom stereocenters. The second-order valence-electron chi connectivity index (χ2n) is 14.2. The fourth-order valence-electron chi connectivity index (χ4n) is 8.23. The van der Waals surface area contributed by atoms with Crippen LogP contribution in [0, 0.1) is 0 Å². The first-order valence-electron chi connectivity index (χ1n) is 19.0. The molecule has 4 nitrogen and oxygen atoms in total. The van der Waals surface area contributed by atoms with Gasteiger partial charge in [0.2, 0.25) is 0 Å². The normalized spacial score (nSPS) is 12.6. The van der Waals surface area contributed by atoms with Gasteiger partial charge < -0.3 is 4.42 Å². The Morgan fingerprint density at radius 2 is 1.04 bits per heavy atom. The number of hydrogen-bond donors (Lipinski definition) is 0. The van der Waals surface area contributed by atoms with E-state index in [0.717, 1.165) is 62.6 Å². The molecule has 264 valence electrons. The Labute approximate surface area is 328 Å². The van der Waals surface area contributed by atoms with E-state index in [0.29, 0.717) is 17.5 Å². The first kappa shape index (κ1) is 32.5. The fraction of sp³-hybridized carbons (Fsp3) is 0.0392. The molecular formula is C51H33N3OS. The molecule has 3 heterocycles. The Bertz CT molecular complexity index is 3070. The van der Waals surface area contributed by atoms with Crippen molar-refractivity contribution in [3.05, 3.63) is 192 Å². The molecule has 0 amide bonds. The van der Waals surface area contributed by atoms with E-state index in [2.05, 4.69) is 115 Å². The van der Waals surface area contributed by atoms with Gasteiger partial charge in [0.15, 0.2) is 17.5 Å². The summed E-state index contributed by atoms with van der Waals surface area (Å²) in [5, 5.41) is 3.56. The number of furan rings is 1. The highest BCUT2D eigenvalue weighted by Crippen LogP contribution is 2.47. The predicted molar refractivity (Wildman–Crippen MR) is 232 cm³/mol. The number of allylic oxidation sites excluding steroid dienone is 1. The predicted octanol–water partition coefficient (Wildman–Crippen LogP) is 13.7. The molecular weight excluding hydrogens is 703 g/mol. The first-order valence-corrected chi connectivity index (χ1v) is 19.8. The molecule has 3 aromatic heterocycles. The average molecular weight is 736 g/mol. The topological polar surface area (TPSA) is 51.8 Å². The van der Waals surface area contributed by atoms with E-state index in [1.807, 2.05) is 72.0 Å². The quantitative estimate of drug-likeness (QED) is 0.171. The van der Waals surface area contributed by atoms with Gasteiger partial charge in [-0.2, -0.15) is 0 Å². The second-order valence-corrected chi connectivity index (χ2v) is 15.3. The van der Waals surface area contributed by atoms with Gasteiger partial charge in [0.05, 0.1) is 0 Å². The fourth-order valence-corrected chi connectivity index (χ4v) is 9.49. The number of thiophene rings is 1. The summed E-state index contributed by atoms with van der Waals surface area (Å²) < 4.78 is 7.89. The van der Waals surface area contributed by atoms with Crippen molar-refractivity contribution in [3.8, 4) is 56.4 Å². The third-order valence-corrected chi connectivity index (χ3v) is 12.0. The first-order chi connectivity index (χ1) is 27.7. The zero-order valence-electron chi connectivity index (χ0n) is 30.3. The molecule has 10 aromatic rings. The van der Waals surface area contributed by atoms with Gasteiger partial charge in [0.25, 0.3) is 0 Å². The highest BCUT2D eigenvalue weighted by Gasteiger charge is 2.24. The van der Waals surface area contributed by atoms with Crippen molar-refractivity contribution in [1.82, 2.24) is 15.0 Å². The molecule has 5 heteroatoms. The molecule has 0 bridgehead atoms. The van der Waals surface area contributed by atoms with Crippen molar-refractivity contribution in [1.29, 1.82) is 0 Å². The van der Waals surface area contributed by atoms with Crippen molar-refractivity contribution in [2.24, 2.45) is 0 Å². The SMILES string of the molecule is C1=C(c2ccc3oc4cccc(-c5cccc(-c6nc(-c7ccccc7)nc(-c7ccccc7)n6)c5)c4c3c2)c2c(sc3cccc(-c4ccccc4)c23)CC1. The molecule has 1 aliphatic carbocycles. The molecule has 0 saturated heterocycles. The van der Waals surface area contributed by atoms with Crippen LogP contribution in [0.3, 0.4) is 0 Å². The van der Waals surface area contributed by atoms with Gasteiger partial charge in [-0.05, 0) is 76.6 Å². The molecule has 0 fully saturated rings. The van der Waals surface area contributed by atoms with E-state index in [1.165, 1.54) is 42.8 Å². The summed E-state index contributed by atoms with van der Waals surface area (Å²) in [6.45, 7) is 0. The molecule has 11 rings (SSSR count). The van der Waals surface area contributed by atoms with Crippen LogP contribution in [0.15, 0.2) is 180 Å². The van der Waals surface area contributed by atoms with Gasteiger partial charge in [0.1, 0.15) is 11.2 Å². The minimum Gasteiger partial charge on any atom is -0.456 e. The van der Waals surface area contributed by atoms with Crippen molar-refractivity contribution in [2.75, 3.05) is 0 Å². The zero-order chi connectivity index (χ0) is 37.0. The third-order valence-electron chi connectivity index (χ3n) is 10.8. The van der Waals surface area contributed by atoms with Gasteiger partial charge >= 0.3 is 0 Å². The van der Waals surface area contributed by atoms with E-state index < -0.39 is 0 Å². The van der Waals surface area contributed by atoms with Crippen LogP contribution < -0.4 is 0 Å². The van der Waals surface area contributed by atoms with Gasteiger partial charge in [-0.1, -0.05) is 146 Å². The van der Waals surface area contributed by atoms with Crippen LogP contribution >= 0.6 is 11.3 Å². The van der Waals surface area contributed by atoms with Gasteiger partial charge in [-0.3, -0.25) is 0 Å². The molecule has 56 heavy (non-hydrogen) atoms. The summed E-state index contributed by atoms with van der Waals surface area (Å²) in [6.07, 6.45) is 4.52. The van der Waals surface area contributed by atoms with Crippen LogP contribution in [0.1, 0.15) is 22.4 Å². The summed E-state index contributed by atoms with van der Waals surface area (Å²) in [5.41, 5.74) is 13.1. The molecule has 0 saturated carbocycles. The maximum absolute atomic E-state index is 6.55. The number of nitrogens with zero attached hydrogens (tertiary/aromatic N) is 3. The van der Waals surface area contributed by atoms with Crippen LogP contribution in [0.4, 0.5) is 0 Å². The molecule has 0 radical (unpaired) electrons. The highest BCUT2D eigenvalue weighted by atomic mass is 32.1. The van der Waals surface area contributed by atoms with Gasteiger partial charge in [-0.25, -0.2) is 15.0 Å². The summed E-state index contributed by atoms with van der Waals surface area (Å²) in [6, 6.07) is 59.3. The summed E-state index contributed by atoms with van der Waals surface area (Å²) in [4.78, 5) is 16.4. The number of aromatic nitrogens is 3. The van der Waals surface area contributed by atoms with E-state index in [-0.39, 0.29) is 0 Å². The maximum atomic E-state index is 6.55. The Balaban J connectivity index is 1.05. The average Bonchev–Trinajstić information content (AvgIpc) is 3.86. The number of rotatable bonds is 6. The molecule has 7 aromatic carbocycles. The van der Waals surface area contributed by atoms with Crippen molar-refractivity contribution >= 4 is 48.9 Å². The zero-order valence-corrected chi connectivity index (χ0v) is 31.1. The van der Waals surface area contributed by atoms with Crippen LogP contribution in [0.5, 0.6) is 0 Å². The lowest BCUT2D eigenvalue weighted by Crippen LogP contribution is -2.00. The standard InChI is InChI=1S/C51H33N3OS/c1-4-14-32(15-5-1)38-23-12-26-44-47(38)48-40(24-13-27-45(48)56-44)36-28-29-42-41(31-36)46-39(22-11-25-43(46)55-42)35-20-10-21-37(30-35)51-53-49(33-16-6-2-7-17-33)52-50(54-51)34-18-8-3-9-19-34/h1-12,14-26,28-31H,13,27H2. The lowest BCUT2D eigenvalue weighted by molar-refractivity contribution is 0.669. The number of aryl methyl sites for hydroxylation is 1. The largest absolute Gasteiger partial charge is 0.456 e. The van der Waals surface area contributed by atoms with Crippen LogP contribution in [0.2, 0.25) is 0 Å². The molecule has 0 spiro atoms. The van der Waals surface area contributed by atoms with Crippen molar-refractivity contribution in [3.63, 3.8) is 0 Å². The third kappa shape index (κ3) is 5.55. The Morgan fingerprint density at radius 1 is 0.446 bits per heavy atom. The molecule has 0 aliphatic heterocycles. The highest BCUT2D eigenvalue weighted by molar-refractivity contribution is 7.19. The van der Waals surface area contributed by atoms with E-state index in [9.17, 15) is 0 Å². The number of fused-ring (bicyclic) bond motifs is 6. The molecule has 1 aliphatic rings. The lowest BCUT2D eigenvalue weighted by Gasteiger charge is -2.17. The number of hydrogen-bond acceptors (Lipinski definition) is 5. The summed E-state index contributed by atoms with van der Waals surface area (Å²) in [7, 11) is 0. The van der Waals surface area contributed by atoms with Crippen molar-refractivity contribution in [2.45, 2.75) is 12.8 Å². The Hall–Kier alpha value is -6.95. The molecule has 0 atom stereocenters. The summed E-state index contributed by atoms with van der Waals surface area (Å²) >= 11 is 1.94. The Morgan fingerprint density at radius 3 is 1.75 bits per heavy atom. The summed E-state index contributed by atoms with van der Waals surface area (Å²) in [5.74, 6) is 1.92.